The van der Waals surface area contributed by atoms with Crippen molar-refractivity contribution in [2.45, 2.75) is 59.4 Å². The standard InChI is InChI=1S/C15H32N2/c1-6-7-8-9-17-15(12-16,10-13(2)3)11-14(4)5/h6-7,13-14,17H,8-12,16H2,1-5H3/b7-6+. The molecule has 0 saturated heterocycles. The minimum Gasteiger partial charge on any atom is -0.329 e. The maximum Gasteiger partial charge on any atom is 0.0309 e. The maximum absolute atomic E-state index is 6.04. The lowest BCUT2D eigenvalue weighted by Gasteiger charge is -2.37. The predicted molar refractivity (Wildman–Crippen MR) is 78.1 cm³/mol. The summed E-state index contributed by atoms with van der Waals surface area (Å²) in [6, 6.07) is 0. The summed E-state index contributed by atoms with van der Waals surface area (Å²) in [5.41, 5.74) is 6.17. The van der Waals surface area contributed by atoms with Crippen LogP contribution in [0.15, 0.2) is 12.2 Å². The number of hydrogen-bond donors (Lipinski definition) is 2. The fraction of sp³-hybridized carbons (Fsp3) is 0.867. The van der Waals surface area contributed by atoms with Crippen LogP contribution in [-0.2, 0) is 0 Å². The quantitative estimate of drug-likeness (QED) is 0.479. The Kier molecular flexibility index (Phi) is 8.53. The van der Waals surface area contributed by atoms with Crippen molar-refractivity contribution < 1.29 is 0 Å². The molecule has 0 saturated carbocycles. The van der Waals surface area contributed by atoms with Gasteiger partial charge in [-0.25, -0.2) is 0 Å². The molecule has 0 aliphatic rings. The van der Waals surface area contributed by atoms with Crippen LogP contribution in [0.1, 0.15) is 53.9 Å². The first-order valence-electron chi connectivity index (χ1n) is 7.02. The van der Waals surface area contributed by atoms with Crippen molar-refractivity contribution in [1.29, 1.82) is 0 Å². The third kappa shape index (κ3) is 7.56. The van der Waals surface area contributed by atoms with Crippen LogP contribution in [0.3, 0.4) is 0 Å². The van der Waals surface area contributed by atoms with Crippen molar-refractivity contribution in [3.63, 3.8) is 0 Å². The zero-order chi connectivity index (χ0) is 13.3. The van der Waals surface area contributed by atoms with Gasteiger partial charge in [0.25, 0.3) is 0 Å². The van der Waals surface area contributed by atoms with Gasteiger partial charge in [0.15, 0.2) is 0 Å². The zero-order valence-corrected chi connectivity index (χ0v) is 12.4. The Morgan fingerprint density at radius 1 is 1.12 bits per heavy atom. The lowest BCUT2D eigenvalue weighted by Crippen LogP contribution is -2.53. The van der Waals surface area contributed by atoms with Gasteiger partial charge in [-0.2, -0.15) is 0 Å². The maximum atomic E-state index is 6.04. The molecule has 0 radical (unpaired) electrons. The van der Waals surface area contributed by atoms with E-state index in [4.69, 9.17) is 5.73 Å². The largest absolute Gasteiger partial charge is 0.329 e. The lowest BCUT2D eigenvalue weighted by molar-refractivity contribution is 0.231. The molecule has 0 rings (SSSR count). The fourth-order valence-corrected chi connectivity index (χ4v) is 2.62. The molecule has 102 valence electrons. The summed E-state index contributed by atoms with van der Waals surface area (Å²) in [7, 11) is 0. The van der Waals surface area contributed by atoms with E-state index in [1.165, 1.54) is 0 Å². The molecule has 2 nitrogen and oxygen atoms in total. The van der Waals surface area contributed by atoms with Crippen LogP contribution in [0.5, 0.6) is 0 Å². The van der Waals surface area contributed by atoms with Crippen LogP contribution in [0.4, 0.5) is 0 Å². The van der Waals surface area contributed by atoms with Crippen LogP contribution in [0.2, 0.25) is 0 Å². The van der Waals surface area contributed by atoms with Gasteiger partial charge in [0, 0.05) is 12.1 Å². The Morgan fingerprint density at radius 2 is 1.65 bits per heavy atom. The molecule has 0 bridgehead atoms. The summed E-state index contributed by atoms with van der Waals surface area (Å²) in [4.78, 5) is 0. The Balaban J connectivity index is 4.43. The first kappa shape index (κ1) is 16.7. The summed E-state index contributed by atoms with van der Waals surface area (Å²) < 4.78 is 0. The third-order valence-corrected chi connectivity index (χ3v) is 3.04. The van der Waals surface area contributed by atoms with Crippen molar-refractivity contribution >= 4 is 0 Å². The second-order valence-electron chi connectivity index (χ2n) is 5.96. The first-order chi connectivity index (χ1) is 7.95. The average molecular weight is 240 g/mol. The van der Waals surface area contributed by atoms with Gasteiger partial charge in [-0.05, 0) is 44.6 Å². The molecule has 3 N–H and O–H groups in total. The highest BCUT2D eigenvalue weighted by molar-refractivity contribution is 4.92. The van der Waals surface area contributed by atoms with E-state index in [9.17, 15) is 0 Å². The van der Waals surface area contributed by atoms with E-state index in [1.807, 2.05) is 0 Å². The van der Waals surface area contributed by atoms with E-state index >= 15 is 0 Å². The van der Waals surface area contributed by atoms with Crippen LogP contribution < -0.4 is 11.1 Å². The normalized spacial score (nSPS) is 13.2. The van der Waals surface area contributed by atoms with E-state index in [1.54, 1.807) is 0 Å². The molecule has 0 aromatic heterocycles. The summed E-state index contributed by atoms with van der Waals surface area (Å²) in [5.74, 6) is 1.37. The minimum absolute atomic E-state index is 0.129. The average Bonchev–Trinajstić information content (AvgIpc) is 2.22. The van der Waals surface area contributed by atoms with E-state index in [2.05, 4.69) is 52.1 Å². The molecule has 0 aromatic rings. The molecule has 17 heavy (non-hydrogen) atoms. The van der Waals surface area contributed by atoms with Crippen molar-refractivity contribution in [3.8, 4) is 0 Å². The zero-order valence-electron chi connectivity index (χ0n) is 12.4. The Morgan fingerprint density at radius 3 is 2.00 bits per heavy atom. The van der Waals surface area contributed by atoms with Gasteiger partial charge < -0.3 is 11.1 Å². The monoisotopic (exact) mass is 240 g/mol. The molecule has 0 fully saturated rings. The molecular formula is C15H32N2. The molecule has 0 atom stereocenters. The van der Waals surface area contributed by atoms with Gasteiger partial charge in [-0.3, -0.25) is 0 Å². The summed E-state index contributed by atoms with van der Waals surface area (Å²) in [6.07, 6.45) is 7.74. The Bertz CT molecular complexity index is 197. The minimum atomic E-state index is 0.129. The molecule has 0 aliphatic heterocycles. The molecule has 0 spiro atoms. The lowest BCUT2D eigenvalue weighted by atomic mass is 9.81. The highest BCUT2D eigenvalue weighted by Gasteiger charge is 2.29. The van der Waals surface area contributed by atoms with Gasteiger partial charge in [-0.1, -0.05) is 39.8 Å². The number of nitrogens with two attached hydrogens (primary N) is 1. The van der Waals surface area contributed by atoms with Crippen molar-refractivity contribution in [2.24, 2.45) is 17.6 Å². The number of nitrogens with one attached hydrogen (secondary N) is 1. The topological polar surface area (TPSA) is 38.0 Å². The summed E-state index contributed by atoms with van der Waals surface area (Å²) in [5, 5.41) is 3.70. The molecule has 0 aliphatic carbocycles. The van der Waals surface area contributed by atoms with Gasteiger partial charge in [-0.15, -0.1) is 0 Å². The first-order valence-corrected chi connectivity index (χ1v) is 7.02. The van der Waals surface area contributed by atoms with E-state index in [0.29, 0.717) is 11.8 Å². The fourth-order valence-electron chi connectivity index (χ4n) is 2.62. The van der Waals surface area contributed by atoms with Crippen LogP contribution >= 0.6 is 0 Å². The highest BCUT2D eigenvalue weighted by atomic mass is 15.0. The molecule has 0 aromatic carbocycles. The van der Waals surface area contributed by atoms with Gasteiger partial charge in [0.1, 0.15) is 0 Å². The van der Waals surface area contributed by atoms with Crippen LogP contribution in [-0.4, -0.2) is 18.6 Å². The molecule has 0 amide bonds. The highest BCUT2D eigenvalue weighted by Crippen LogP contribution is 2.24. The predicted octanol–water partition coefficient (Wildman–Crippen LogP) is 3.33. The van der Waals surface area contributed by atoms with Gasteiger partial charge in [0.05, 0.1) is 0 Å². The Hall–Kier alpha value is -0.340. The van der Waals surface area contributed by atoms with E-state index in [-0.39, 0.29) is 5.54 Å². The van der Waals surface area contributed by atoms with Gasteiger partial charge in [0.2, 0.25) is 0 Å². The van der Waals surface area contributed by atoms with Crippen LogP contribution in [0.25, 0.3) is 0 Å². The Labute approximate surface area is 108 Å². The van der Waals surface area contributed by atoms with Crippen LogP contribution in [0, 0.1) is 11.8 Å². The second-order valence-corrected chi connectivity index (χ2v) is 5.96. The summed E-state index contributed by atoms with van der Waals surface area (Å²) >= 11 is 0. The second kappa shape index (κ2) is 8.71. The molecule has 0 heterocycles. The summed E-state index contributed by atoms with van der Waals surface area (Å²) in [6.45, 7) is 12.9. The third-order valence-electron chi connectivity index (χ3n) is 3.04. The molecule has 0 unspecified atom stereocenters. The number of hydrogen-bond acceptors (Lipinski definition) is 2. The van der Waals surface area contributed by atoms with Gasteiger partial charge >= 0.3 is 0 Å². The van der Waals surface area contributed by atoms with Crippen molar-refractivity contribution in [1.82, 2.24) is 5.32 Å². The molecule has 2 heteroatoms. The van der Waals surface area contributed by atoms with Crippen molar-refractivity contribution in [2.75, 3.05) is 13.1 Å². The van der Waals surface area contributed by atoms with Crippen molar-refractivity contribution in [3.05, 3.63) is 12.2 Å². The molecular weight excluding hydrogens is 208 g/mol. The van der Waals surface area contributed by atoms with E-state index in [0.717, 1.165) is 32.4 Å². The SMILES string of the molecule is C/C=C/CCNC(CN)(CC(C)C)CC(C)C. The number of allylic oxidation sites excluding steroid dienone is 1. The van der Waals surface area contributed by atoms with E-state index < -0.39 is 0 Å². The number of rotatable bonds is 9. The smallest absolute Gasteiger partial charge is 0.0309 e.